The highest BCUT2D eigenvalue weighted by molar-refractivity contribution is 5.93. The van der Waals surface area contributed by atoms with Crippen LogP contribution in [0.3, 0.4) is 0 Å². The summed E-state index contributed by atoms with van der Waals surface area (Å²) in [4.78, 5) is 23.1. The number of aliphatic hydroxyl groups excluding tert-OH is 1. The van der Waals surface area contributed by atoms with E-state index in [9.17, 15) is 25.1 Å². The maximum Gasteiger partial charge on any atom is 0.285 e. The van der Waals surface area contributed by atoms with Crippen molar-refractivity contribution in [1.29, 1.82) is 0 Å². The molecule has 21 heavy (non-hydrogen) atoms. The molecule has 0 bridgehead atoms. The van der Waals surface area contributed by atoms with Gasteiger partial charge in [0.1, 0.15) is 17.3 Å². The first-order chi connectivity index (χ1) is 9.84. The van der Waals surface area contributed by atoms with Crippen LogP contribution in [0.15, 0.2) is 41.8 Å². The van der Waals surface area contributed by atoms with Crippen LogP contribution in [0.5, 0.6) is 0 Å². The van der Waals surface area contributed by atoms with Crippen LogP contribution in [0.25, 0.3) is 11.0 Å². The lowest BCUT2D eigenvalue weighted by Gasteiger charge is -2.23. The van der Waals surface area contributed by atoms with Crippen molar-refractivity contribution in [3.63, 3.8) is 0 Å². The number of rotatable bonds is 3. The van der Waals surface area contributed by atoms with Gasteiger partial charge in [0.05, 0.1) is 4.43 Å². The van der Waals surface area contributed by atoms with E-state index in [-0.39, 0.29) is 11.0 Å². The Balaban J connectivity index is 2.73. The molecule has 1 amide bonds. The standard InChI is InChI=1S/C13H13N3O5/c1-7(17)11(13(14)19)12(18)10-6-15(20)8-4-2-3-5-9(8)16(10)21/h2-6,12,17-18H,1H3,(H2,14,19)/p-1/b11-7-. The average molecular weight is 290 g/mol. The smallest absolute Gasteiger partial charge is 0.285 e. The minimum absolute atomic E-state index is 0.00331. The van der Waals surface area contributed by atoms with E-state index in [1.807, 2.05) is 0 Å². The highest BCUT2D eigenvalue weighted by Gasteiger charge is 2.24. The number of hydrogen-bond acceptors (Lipinski definition) is 5. The number of carbonyl (C=O) groups excluding carboxylic acids is 1. The molecule has 0 saturated heterocycles. The summed E-state index contributed by atoms with van der Waals surface area (Å²) in [6, 6.07) is 5.92. The molecule has 1 unspecified atom stereocenters. The largest absolute Gasteiger partial charge is 0.875 e. The van der Waals surface area contributed by atoms with Crippen LogP contribution in [0.1, 0.15) is 18.7 Å². The Bertz CT molecular complexity index is 805. The molecule has 3 N–H and O–H groups in total. The van der Waals surface area contributed by atoms with E-state index in [0.717, 1.165) is 13.1 Å². The zero-order valence-electron chi connectivity index (χ0n) is 11.0. The van der Waals surface area contributed by atoms with Gasteiger partial charge in [-0.2, -0.15) is 0 Å². The Kier molecular flexibility index (Phi) is 3.64. The minimum Gasteiger partial charge on any atom is -0.875 e. The van der Waals surface area contributed by atoms with Gasteiger partial charge in [0.2, 0.25) is 5.91 Å². The molecule has 0 aliphatic rings. The molecule has 1 aromatic heterocycles. The molecule has 0 aliphatic heterocycles. The van der Waals surface area contributed by atoms with Gasteiger partial charge in [-0.25, -0.2) is 0 Å². The van der Waals surface area contributed by atoms with Gasteiger partial charge in [-0.1, -0.05) is 19.1 Å². The normalized spacial score (nSPS) is 13.8. The number of nitrogens with zero attached hydrogens (tertiary/aromatic N) is 2. The monoisotopic (exact) mass is 290 g/mol. The number of benzene rings is 1. The maximum atomic E-state index is 12.2. The molecule has 0 spiro atoms. The van der Waals surface area contributed by atoms with E-state index in [1.165, 1.54) is 18.2 Å². The Morgan fingerprint density at radius 3 is 2.62 bits per heavy atom. The number of primary amides is 1. The molecule has 8 heteroatoms. The van der Waals surface area contributed by atoms with Crippen LogP contribution in [-0.2, 0) is 4.79 Å². The third kappa shape index (κ3) is 2.43. The SMILES string of the molecule is C/C([O-])=C(/C(N)=O)C(O)c1c[n+](=O)c2ccccc2n1[O-]. The van der Waals surface area contributed by atoms with Crippen LogP contribution in [-0.4, -0.2) is 15.7 Å². The van der Waals surface area contributed by atoms with Crippen molar-refractivity contribution in [2.75, 3.05) is 0 Å². The van der Waals surface area contributed by atoms with Gasteiger partial charge in [-0.05, 0) is 6.07 Å². The number of allylic oxidation sites excluding steroid dienone is 1. The summed E-state index contributed by atoms with van der Waals surface area (Å²) in [7, 11) is 0. The van der Waals surface area contributed by atoms with Crippen molar-refractivity contribution in [2.45, 2.75) is 13.0 Å². The van der Waals surface area contributed by atoms with Crippen molar-refractivity contribution in [3.8, 4) is 0 Å². The summed E-state index contributed by atoms with van der Waals surface area (Å²) < 4.78 is 0.668. The average Bonchev–Trinajstić information content (AvgIpc) is 2.42. The topological polar surface area (TPSA) is 137 Å². The maximum absolute atomic E-state index is 12.2. The summed E-state index contributed by atoms with van der Waals surface area (Å²) in [5.74, 6) is -1.93. The van der Waals surface area contributed by atoms with E-state index in [2.05, 4.69) is 0 Å². The fraction of sp³-hybridized carbons (Fsp3) is 0.154. The van der Waals surface area contributed by atoms with Crippen molar-refractivity contribution in [1.82, 2.24) is 4.73 Å². The highest BCUT2D eigenvalue weighted by Crippen LogP contribution is 2.23. The number of hydrogen-bond donors (Lipinski definition) is 2. The highest BCUT2D eigenvalue weighted by atomic mass is 16.5. The molecule has 8 nitrogen and oxygen atoms in total. The molecule has 2 rings (SSSR count). The van der Waals surface area contributed by atoms with Crippen molar-refractivity contribution < 1.29 is 19.4 Å². The van der Waals surface area contributed by atoms with Gasteiger partial charge in [-0.15, -0.1) is 5.76 Å². The van der Waals surface area contributed by atoms with Gasteiger partial charge in [0.15, 0.2) is 0 Å². The summed E-state index contributed by atoms with van der Waals surface area (Å²) >= 11 is 0. The molecule has 1 heterocycles. The number of fused-ring (bicyclic) bond motifs is 1. The lowest BCUT2D eigenvalue weighted by Crippen LogP contribution is -2.28. The Morgan fingerprint density at radius 2 is 2.05 bits per heavy atom. The second kappa shape index (κ2) is 5.25. The number of amides is 1. The second-order valence-corrected chi connectivity index (χ2v) is 4.40. The lowest BCUT2D eigenvalue weighted by atomic mass is 10.1. The van der Waals surface area contributed by atoms with E-state index in [4.69, 9.17) is 5.73 Å². The lowest BCUT2D eigenvalue weighted by molar-refractivity contribution is -0.465. The van der Waals surface area contributed by atoms with Crippen molar-refractivity contribution in [3.05, 3.63) is 57.6 Å². The molecular weight excluding hydrogens is 278 g/mol. The predicted octanol–water partition coefficient (Wildman–Crippen LogP) is -0.945. The number of aromatic nitrogens is 2. The Hall–Kier alpha value is -2.87. The molecule has 0 fully saturated rings. The third-order valence-corrected chi connectivity index (χ3v) is 3.02. The van der Waals surface area contributed by atoms with Gasteiger partial charge in [0.25, 0.3) is 11.7 Å². The number of aliphatic hydroxyl groups is 1. The quantitative estimate of drug-likeness (QED) is 0.426. The van der Waals surface area contributed by atoms with E-state index in [1.54, 1.807) is 6.07 Å². The van der Waals surface area contributed by atoms with Crippen LogP contribution < -0.4 is 15.3 Å². The first kappa shape index (κ1) is 14.5. The van der Waals surface area contributed by atoms with Crippen molar-refractivity contribution >= 4 is 16.9 Å². The number of carbonyl (C=O) groups is 1. The first-order valence-electron chi connectivity index (χ1n) is 5.94. The summed E-state index contributed by atoms with van der Waals surface area (Å²) in [5, 5.41) is 33.6. The van der Waals surface area contributed by atoms with Crippen molar-refractivity contribution in [2.24, 2.45) is 5.73 Å². The molecular formula is C13H12N3O5-. The fourth-order valence-corrected chi connectivity index (χ4v) is 2.03. The van der Waals surface area contributed by atoms with E-state index >= 15 is 0 Å². The van der Waals surface area contributed by atoms with Gasteiger partial charge in [0, 0.05) is 16.5 Å². The second-order valence-electron chi connectivity index (χ2n) is 4.40. The summed E-state index contributed by atoms with van der Waals surface area (Å²) in [6.45, 7) is 1.03. The third-order valence-electron chi connectivity index (χ3n) is 3.02. The molecule has 0 radical (unpaired) electrons. The molecule has 1 atom stereocenters. The van der Waals surface area contributed by atoms with Gasteiger partial charge >= 0.3 is 0 Å². The Labute approximate surface area is 118 Å². The summed E-state index contributed by atoms with van der Waals surface area (Å²) in [5.41, 5.74) is 4.00. The molecule has 1 aromatic carbocycles. The molecule has 0 saturated carbocycles. The molecule has 110 valence electrons. The zero-order chi connectivity index (χ0) is 15.7. The van der Waals surface area contributed by atoms with Gasteiger partial charge in [-0.3, -0.25) is 4.79 Å². The van der Waals surface area contributed by atoms with Crippen LogP contribution in [0.2, 0.25) is 0 Å². The zero-order valence-corrected chi connectivity index (χ0v) is 11.0. The minimum atomic E-state index is -1.87. The van der Waals surface area contributed by atoms with Crippen LogP contribution in [0.4, 0.5) is 0 Å². The number of para-hydroxylation sites is 2. The van der Waals surface area contributed by atoms with Gasteiger partial charge < -0.3 is 25.9 Å². The van der Waals surface area contributed by atoms with E-state index in [0.29, 0.717) is 9.16 Å². The number of nitrogens with two attached hydrogens (primary N) is 1. The molecule has 2 aromatic rings. The van der Waals surface area contributed by atoms with Crippen LogP contribution >= 0.6 is 0 Å². The Morgan fingerprint density at radius 1 is 1.43 bits per heavy atom. The fourth-order valence-electron chi connectivity index (χ4n) is 2.03. The van der Waals surface area contributed by atoms with E-state index < -0.39 is 29.0 Å². The summed E-state index contributed by atoms with van der Waals surface area (Å²) in [6.07, 6.45) is -1.06. The first-order valence-corrected chi connectivity index (χ1v) is 5.94. The van der Waals surface area contributed by atoms with Crippen LogP contribution in [0, 0.1) is 10.1 Å². The predicted molar refractivity (Wildman–Crippen MR) is 70.9 cm³/mol. The molecule has 0 aliphatic carbocycles.